The van der Waals surface area contributed by atoms with E-state index < -0.39 is 0 Å². The molecule has 0 unspecified atom stereocenters. The van der Waals surface area contributed by atoms with Gasteiger partial charge in [-0.3, -0.25) is 0 Å². The van der Waals surface area contributed by atoms with Crippen LogP contribution in [0.3, 0.4) is 0 Å². The van der Waals surface area contributed by atoms with Gasteiger partial charge in [0.05, 0.1) is 0 Å². The molecular formula is C11H18BrN. The molecule has 0 radical (unpaired) electrons. The maximum Gasteiger partial charge on any atom is 0.115 e. The second kappa shape index (κ2) is 4.25. The van der Waals surface area contributed by atoms with E-state index in [0.717, 1.165) is 0 Å². The Morgan fingerprint density at radius 2 is 1.69 bits per heavy atom. The highest BCUT2D eigenvalue weighted by Gasteiger charge is 2.20. The van der Waals surface area contributed by atoms with Crippen LogP contribution in [0.15, 0.2) is 18.2 Å². The smallest absolute Gasteiger partial charge is 0.115 e. The zero-order valence-corrected chi connectivity index (χ0v) is 10.4. The topological polar surface area (TPSA) is 27.6 Å². The molecule has 1 aromatic carbocycles. The molecule has 13 heavy (non-hydrogen) atoms. The third-order valence-electron chi connectivity index (χ3n) is 2.33. The lowest BCUT2D eigenvalue weighted by Gasteiger charge is -2.19. The summed E-state index contributed by atoms with van der Waals surface area (Å²) in [6.45, 7) is 8.60. The molecule has 0 fully saturated rings. The highest BCUT2D eigenvalue weighted by Crippen LogP contribution is 2.21. The number of hydrogen-bond acceptors (Lipinski definition) is 0. The van der Waals surface area contributed by atoms with Gasteiger partial charge in [-0.1, -0.05) is 18.2 Å². The molecule has 0 bridgehead atoms. The quantitative estimate of drug-likeness (QED) is 0.641. The first-order chi connectivity index (χ1) is 5.43. The van der Waals surface area contributed by atoms with Crippen LogP contribution >= 0.6 is 0 Å². The minimum absolute atomic E-state index is 0. The zero-order valence-electron chi connectivity index (χ0n) is 8.82. The van der Waals surface area contributed by atoms with Gasteiger partial charge in [0.2, 0.25) is 0 Å². The maximum atomic E-state index is 4.14. The molecule has 0 atom stereocenters. The molecule has 0 aliphatic heterocycles. The van der Waals surface area contributed by atoms with Gasteiger partial charge >= 0.3 is 0 Å². The molecule has 0 amide bonds. The first-order valence-electron chi connectivity index (χ1n) is 4.35. The van der Waals surface area contributed by atoms with Crippen molar-refractivity contribution in [3.8, 4) is 0 Å². The average molecular weight is 244 g/mol. The van der Waals surface area contributed by atoms with Gasteiger partial charge in [-0.25, -0.2) is 0 Å². The van der Waals surface area contributed by atoms with E-state index >= 15 is 0 Å². The lowest BCUT2D eigenvalue weighted by Crippen LogP contribution is -3.00. The van der Waals surface area contributed by atoms with Crippen molar-refractivity contribution in [2.24, 2.45) is 0 Å². The molecule has 3 N–H and O–H groups in total. The van der Waals surface area contributed by atoms with Crippen LogP contribution in [0.25, 0.3) is 0 Å². The van der Waals surface area contributed by atoms with Gasteiger partial charge in [0.15, 0.2) is 0 Å². The average Bonchev–Trinajstić information content (AvgIpc) is 1.92. The second-order valence-electron chi connectivity index (χ2n) is 4.13. The van der Waals surface area contributed by atoms with Crippen molar-refractivity contribution < 1.29 is 22.7 Å². The Bertz CT molecular complexity index is 287. The van der Waals surface area contributed by atoms with Crippen LogP contribution < -0.4 is 22.7 Å². The molecule has 0 spiro atoms. The van der Waals surface area contributed by atoms with E-state index in [1.165, 1.54) is 16.7 Å². The van der Waals surface area contributed by atoms with Crippen LogP contribution in [-0.2, 0) is 5.54 Å². The van der Waals surface area contributed by atoms with Crippen molar-refractivity contribution in [2.75, 3.05) is 0 Å². The summed E-state index contributed by atoms with van der Waals surface area (Å²) in [4.78, 5) is 0. The van der Waals surface area contributed by atoms with Gasteiger partial charge in [-0.05, 0) is 38.8 Å². The van der Waals surface area contributed by atoms with E-state index in [0.29, 0.717) is 0 Å². The summed E-state index contributed by atoms with van der Waals surface area (Å²) in [6, 6.07) is 6.41. The normalized spacial score (nSPS) is 10.8. The lowest BCUT2D eigenvalue weighted by atomic mass is 9.89. The number of halogens is 1. The van der Waals surface area contributed by atoms with Crippen LogP contribution in [0.5, 0.6) is 0 Å². The van der Waals surface area contributed by atoms with Crippen LogP contribution in [0, 0.1) is 13.8 Å². The van der Waals surface area contributed by atoms with Gasteiger partial charge < -0.3 is 22.7 Å². The van der Waals surface area contributed by atoms with Crippen molar-refractivity contribution in [3.63, 3.8) is 0 Å². The van der Waals surface area contributed by atoms with Crippen LogP contribution in [0.1, 0.15) is 30.5 Å². The standard InChI is InChI=1S/C11H17N.BrH/c1-8-6-5-7-10(9(8)2)11(3,4)12;/h5-7H,12H2,1-4H3;1H. The van der Waals surface area contributed by atoms with Gasteiger partial charge in [0.25, 0.3) is 0 Å². The van der Waals surface area contributed by atoms with Gasteiger partial charge in [0.1, 0.15) is 5.54 Å². The van der Waals surface area contributed by atoms with E-state index in [9.17, 15) is 0 Å². The minimum Gasteiger partial charge on any atom is -1.00 e. The van der Waals surface area contributed by atoms with Crippen LogP contribution in [0.4, 0.5) is 0 Å². The van der Waals surface area contributed by atoms with E-state index in [2.05, 4.69) is 51.6 Å². The molecule has 1 nitrogen and oxygen atoms in total. The Labute approximate surface area is 91.1 Å². The van der Waals surface area contributed by atoms with Crippen molar-refractivity contribution in [3.05, 3.63) is 34.9 Å². The fourth-order valence-corrected chi connectivity index (χ4v) is 1.48. The molecule has 0 aliphatic rings. The monoisotopic (exact) mass is 243 g/mol. The van der Waals surface area contributed by atoms with E-state index in [4.69, 9.17) is 0 Å². The van der Waals surface area contributed by atoms with Gasteiger partial charge in [-0.2, -0.15) is 0 Å². The molecule has 1 rings (SSSR count). The fraction of sp³-hybridized carbons (Fsp3) is 0.455. The number of aryl methyl sites for hydroxylation is 1. The molecule has 0 heterocycles. The Hall–Kier alpha value is -0.340. The molecule has 0 saturated carbocycles. The lowest BCUT2D eigenvalue weighted by molar-refractivity contribution is -0.475. The first-order valence-corrected chi connectivity index (χ1v) is 4.35. The summed E-state index contributed by atoms with van der Waals surface area (Å²) >= 11 is 0. The molecule has 0 saturated heterocycles. The maximum absolute atomic E-state index is 4.14. The van der Waals surface area contributed by atoms with Gasteiger partial charge in [-0.15, -0.1) is 0 Å². The molecule has 74 valence electrons. The largest absolute Gasteiger partial charge is 1.00 e. The zero-order chi connectivity index (χ0) is 9.35. The predicted molar refractivity (Wildman–Crippen MR) is 51.8 cm³/mol. The highest BCUT2D eigenvalue weighted by molar-refractivity contribution is 5.35. The molecule has 2 heteroatoms. The summed E-state index contributed by atoms with van der Waals surface area (Å²) in [5.41, 5.74) is 8.24. The summed E-state index contributed by atoms with van der Waals surface area (Å²) in [6.07, 6.45) is 0. The van der Waals surface area contributed by atoms with Crippen molar-refractivity contribution in [1.82, 2.24) is 0 Å². The molecule has 1 aromatic rings. The fourth-order valence-electron chi connectivity index (χ4n) is 1.48. The Morgan fingerprint density at radius 3 is 2.08 bits per heavy atom. The number of benzene rings is 1. The number of quaternary nitrogens is 1. The molecule has 0 aliphatic carbocycles. The van der Waals surface area contributed by atoms with E-state index in [1.807, 2.05) is 0 Å². The SMILES string of the molecule is Cc1cccc(C(C)(C)[NH3+])c1C.[Br-]. The number of rotatable bonds is 1. The summed E-state index contributed by atoms with van der Waals surface area (Å²) in [5, 5.41) is 0. The van der Waals surface area contributed by atoms with E-state index in [1.54, 1.807) is 0 Å². The minimum atomic E-state index is 0. The highest BCUT2D eigenvalue weighted by atomic mass is 79.9. The Balaban J connectivity index is 0.00000144. The van der Waals surface area contributed by atoms with Crippen LogP contribution in [0.2, 0.25) is 0 Å². The van der Waals surface area contributed by atoms with Gasteiger partial charge in [0, 0.05) is 5.56 Å². The first kappa shape index (κ1) is 12.7. The third kappa shape index (κ3) is 2.82. The summed E-state index contributed by atoms with van der Waals surface area (Å²) < 4.78 is 0. The van der Waals surface area contributed by atoms with Crippen molar-refractivity contribution >= 4 is 0 Å². The Morgan fingerprint density at radius 1 is 1.15 bits per heavy atom. The Kier molecular flexibility index (Phi) is 4.14. The summed E-state index contributed by atoms with van der Waals surface area (Å²) in [5.74, 6) is 0. The number of hydrogen-bond donors (Lipinski definition) is 1. The van der Waals surface area contributed by atoms with Crippen LogP contribution in [-0.4, -0.2) is 0 Å². The molecular weight excluding hydrogens is 226 g/mol. The van der Waals surface area contributed by atoms with Crippen molar-refractivity contribution in [1.29, 1.82) is 0 Å². The predicted octanol–water partition coefficient (Wildman–Crippen LogP) is -1.22. The summed E-state index contributed by atoms with van der Waals surface area (Å²) in [7, 11) is 0. The molecule has 0 aromatic heterocycles. The van der Waals surface area contributed by atoms with Crippen molar-refractivity contribution in [2.45, 2.75) is 33.2 Å². The van der Waals surface area contributed by atoms with E-state index in [-0.39, 0.29) is 22.5 Å². The second-order valence-corrected chi connectivity index (χ2v) is 4.13. The third-order valence-corrected chi connectivity index (χ3v) is 2.33.